The van der Waals surface area contributed by atoms with Crippen molar-refractivity contribution >= 4 is 15.9 Å². The van der Waals surface area contributed by atoms with Gasteiger partial charge in [-0.25, -0.2) is 0 Å². The highest BCUT2D eigenvalue weighted by Gasteiger charge is 2.22. The first-order chi connectivity index (χ1) is 6.20. The molecule has 1 atom stereocenters. The second kappa shape index (κ2) is 4.85. The summed E-state index contributed by atoms with van der Waals surface area (Å²) in [5.74, 6) is 0. The summed E-state index contributed by atoms with van der Waals surface area (Å²) in [5.41, 5.74) is 1.67. The summed E-state index contributed by atoms with van der Waals surface area (Å²) in [6, 6.07) is 2.05. The summed E-state index contributed by atoms with van der Waals surface area (Å²) in [6.45, 7) is 4.55. The van der Waals surface area contributed by atoms with Crippen LogP contribution in [0, 0.1) is 5.41 Å². The molecule has 0 fully saturated rings. The SMILES string of the molecule is CCCC(C)(CBr)Cc1ccoc1. The van der Waals surface area contributed by atoms with E-state index in [-0.39, 0.29) is 0 Å². The van der Waals surface area contributed by atoms with Crippen LogP contribution in [0.3, 0.4) is 0 Å². The lowest BCUT2D eigenvalue weighted by Crippen LogP contribution is -2.20. The molecule has 0 saturated carbocycles. The maximum atomic E-state index is 5.07. The number of furan rings is 1. The van der Waals surface area contributed by atoms with E-state index in [1.165, 1.54) is 18.4 Å². The number of rotatable bonds is 5. The van der Waals surface area contributed by atoms with Crippen LogP contribution in [0.15, 0.2) is 23.0 Å². The summed E-state index contributed by atoms with van der Waals surface area (Å²) in [5, 5.41) is 1.05. The van der Waals surface area contributed by atoms with Crippen LogP contribution in [0.1, 0.15) is 32.3 Å². The predicted molar refractivity (Wildman–Crippen MR) is 59.2 cm³/mol. The molecule has 1 aromatic heterocycles. The van der Waals surface area contributed by atoms with Gasteiger partial charge in [-0.1, -0.05) is 36.2 Å². The van der Waals surface area contributed by atoms with E-state index >= 15 is 0 Å². The molecular formula is C11H17BrO. The standard InChI is InChI=1S/C11H17BrO/c1-3-5-11(2,9-12)7-10-4-6-13-8-10/h4,6,8H,3,5,7,9H2,1-2H3. The van der Waals surface area contributed by atoms with E-state index in [2.05, 4.69) is 35.8 Å². The Labute approximate surface area is 88.6 Å². The summed E-state index contributed by atoms with van der Waals surface area (Å²) in [7, 11) is 0. The molecule has 0 bridgehead atoms. The Bertz CT molecular complexity index is 230. The third kappa shape index (κ3) is 3.18. The first-order valence-corrected chi connectivity index (χ1v) is 5.89. The van der Waals surface area contributed by atoms with Crippen LogP contribution in [0.25, 0.3) is 0 Å². The summed E-state index contributed by atoms with van der Waals surface area (Å²) < 4.78 is 5.07. The topological polar surface area (TPSA) is 13.1 Å². The predicted octanol–water partition coefficient (Wildman–Crippen LogP) is 4.02. The highest BCUT2D eigenvalue weighted by molar-refractivity contribution is 9.09. The monoisotopic (exact) mass is 244 g/mol. The van der Waals surface area contributed by atoms with E-state index in [0.29, 0.717) is 5.41 Å². The molecule has 1 unspecified atom stereocenters. The average Bonchev–Trinajstić information content (AvgIpc) is 2.57. The molecule has 1 rings (SSSR count). The van der Waals surface area contributed by atoms with Crippen molar-refractivity contribution in [2.24, 2.45) is 5.41 Å². The Hall–Kier alpha value is -0.240. The van der Waals surface area contributed by atoms with Gasteiger partial charge in [-0.2, -0.15) is 0 Å². The summed E-state index contributed by atoms with van der Waals surface area (Å²) in [6.07, 6.45) is 7.18. The second-order valence-corrected chi connectivity index (χ2v) is 4.56. The second-order valence-electron chi connectivity index (χ2n) is 4.00. The molecule has 2 heteroatoms. The van der Waals surface area contributed by atoms with Crippen LogP contribution in [-0.4, -0.2) is 5.33 Å². The third-order valence-corrected chi connectivity index (χ3v) is 3.74. The van der Waals surface area contributed by atoms with Gasteiger partial charge in [-0.15, -0.1) is 0 Å². The van der Waals surface area contributed by atoms with Crippen molar-refractivity contribution in [1.29, 1.82) is 0 Å². The number of hydrogen-bond donors (Lipinski definition) is 0. The third-order valence-electron chi connectivity index (χ3n) is 2.39. The summed E-state index contributed by atoms with van der Waals surface area (Å²) >= 11 is 3.59. The lowest BCUT2D eigenvalue weighted by molar-refractivity contribution is 0.339. The van der Waals surface area contributed by atoms with Gasteiger partial charge in [0, 0.05) is 5.33 Å². The Kier molecular flexibility index (Phi) is 4.04. The minimum Gasteiger partial charge on any atom is -0.472 e. The van der Waals surface area contributed by atoms with Crippen LogP contribution >= 0.6 is 15.9 Å². The van der Waals surface area contributed by atoms with Crippen LogP contribution in [-0.2, 0) is 6.42 Å². The Morgan fingerprint density at radius 3 is 2.77 bits per heavy atom. The highest BCUT2D eigenvalue weighted by Crippen LogP contribution is 2.30. The van der Waals surface area contributed by atoms with Crippen molar-refractivity contribution in [3.63, 3.8) is 0 Å². The van der Waals surface area contributed by atoms with Crippen LogP contribution in [0.5, 0.6) is 0 Å². The molecule has 0 aliphatic heterocycles. The zero-order chi connectivity index (χ0) is 9.73. The molecule has 74 valence electrons. The van der Waals surface area contributed by atoms with E-state index in [0.717, 1.165) is 11.8 Å². The molecule has 1 heterocycles. The number of halogens is 1. The zero-order valence-corrected chi connectivity index (χ0v) is 9.93. The lowest BCUT2D eigenvalue weighted by atomic mass is 9.82. The molecule has 1 nitrogen and oxygen atoms in total. The summed E-state index contributed by atoms with van der Waals surface area (Å²) in [4.78, 5) is 0. The van der Waals surface area contributed by atoms with Gasteiger partial charge in [0.2, 0.25) is 0 Å². The largest absolute Gasteiger partial charge is 0.472 e. The molecule has 1 aromatic rings. The first kappa shape index (κ1) is 10.8. The lowest BCUT2D eigenvalue weighted by Gasteiger charge is -2.26. The molecule has 0 aromatic carbocycles. The van der Waals surface area contributed by atoms with Crippen molar-refractivity contribution in [3.05, 3.63) is 24.2 Å². The fourth-order valence-corrected chi connectivity index (χ4v) is 2.17. The van der Waals surface area contributed by atoms with E-state index in [4.69, 9.17) is 4.42 Å². The van der Waals surface area contributed by atoms with Gasteiger partial charge in [0.1, 0.15) is 0 Å². The quantitative estimate of drug-likeness (QED) is 0.714. The van der Waals surface area contributed by atoms with E-state index in [1.54, 1.807) is 6.26 Å². The molecule has 0 radical (unpaired) electrons. The normalized spacial score (nSPS) is 15.6. The Morgan fingerprint density at radius 1 is 1.54 bits per heavy atom. The van der Waals surface area contributed by atoms with Crippen LogP contribution < -0.4 is 0 Å². The fraction of sp³-hybridized carbons (Fsp3) is 0.636. The van der Waals surface area contributed by atoms with Gasteiger partial charge in [-0.05, 0) is 29.9 Å². The highest BCUT2D eigenvalue weighted by atomic mass is 79.9. The van der Waals surface area contributed by atoms with Crippen LogP contribution in [0.4, 0.5) is 0 Å². The Morgan fingerprint density at radius 2 is 2.31 bits per heavy atom. The Balaban J connectivity index is 2.58. The fourth-order valence-electron chi connectivity index (χ4n) is 1.69. The van der Waals surface area contributed by atoms with E-state index in [9.17, 15) is 0 Å². The van der Waals surface area contributed by atoms with Crippen molar-refractivity contribution in [2.45, 2.75) is 33.1 Å². The average molecular weight is 245 g/mol. The minimum atomic E-state index is 0.374. The van der Waals surface area contributed by atoms with E-state index < -0.39 is 0 Å². The van der Waals surface area contributed by atoms with Gasteiger partial charge in [0.25, 0.3) is 0 Å². The molecular weight excluding hydrogens is 228 g/mol. The molecule has 0 amide bonds. The van der Waals surface area contributed by atoms with Gasteiger partial charge < -0.3 is 4.42 Å². The molecule has 0 N–H and O–H groups in total. The van der Waals surface area contributed by atoms with Gasteiger partial charge >= 0.3 is 0 Å². The maximum absolute atomic E-state index is 5.07. The molecule has 0 aliphatic rings. The molecule has 0 aliphatic carbocycles. The van der Waals surface area contributed by atoms with Crippen LogP contribution in [0.2, 0.25) is 0 Å². The van der Waals surface area contributed by atoms with E-state index in [1.807, 2.05) is 6.26 Å². The van der Waals surface area contributed by atoms with Crippen molar-refractivity contribution in [3.8, 4) is 0 Å². The molecule has 13 heavy (non-hydrogen) atoms. The molecule has 0 spiro atoms. The van der Waals surface area contributed by atoms with Crippen molar-refractivity contribution in [2.75, 3.05) is 5.33 Å². The van der Waals surface area contributed by atoms with Gasteiger partial charge in [0.15, 0.2) is 0 Å². The van der Waals surface area contributed by atoms with Crippen molar-refractivity contribution < 1.29 is 4.42 Å². The molecule has 0 saturated heterocycles. The maximum Gasteiger partial charge on any atom is 0.0934 e. The number of hydrogen-bond acceptors (Lipinski definition) is 1. The number of alkyl halides is 1. The van der Waals surface area contributed by atoms with Gasteiger partial charge in [-0.3, -0.25) is 0 Å². The zero-order valence-electron chi connectivity index (χ0n) is 8.35. The van der Waals surface area contributed by atoms with Crippen molar-refractivity contribution in [1.82, 2.24) is 0 Å². The smallest absolute Gasteiger partial charge is 0.0934 e. The minimum absolute atomic E-state index is 0.374. The van der Waals surface area contributed by atoms with Gasteiger partial charge in [0.05, 0.1) is 12.5 Å². The first-order valence-electron chi connectivity index (χ1n) is 4.77.